The van der Waals surface area contributed by atoms with Crippen LogP contribution in [-0.4, -0.2) is 42.6 Å². The van der Waals surface area contributed by atoms with E-state index in [1.54, 1.807) is 24.3 Å². The van der Waals surface area contributed by atoms with E-state index in [0.29, 0.717) is 16.7 Å². The molecule has 0 bridgehead atoms. The molecule has 7 heteroatoms. The molecule has 0 fully saturated rings. The highest BCUT2D eigenvalue weighted by Gasteiger charge is 2.02. The van der Waals surface area contributed by atoms with E-state index in [0.717, 1.165) is 25.2 Å². The second-order valence-corrected chi connectivity index (χ2v) is 5.04. The molecule has 126 valence electrons. The Morgan fingerprint density at radius 1 is 1.27 bits per heavy atom. The monoisotopic (exact) mass is 369 g/mol. The average Bonchev–Trinajstić information content (AvgIpc) is 2.42. The second kappa shape index (κ2) is 12.7. The minimum absolute atomic E-state index is 0. The van der Waals surface area contributed by atoms with Gasteiger partial charge >= 0.3 is 5.97 Å². The summed E-state index contributed by atoms with van der Waals surface area (Å²) in [7, 11) is 0. The third-order valence-electron chi connectivity index (χ3n) is 2.91. The lowest BCUT2D eigenvalue weighted by Gasteiger charge is -2.16. The maximum Gasteiger partial charge on any atom is 0.330 e. The number of nitrogens with zero attached hydrogens (tertiary/aromatic N) is 1. The molecule has 1 aromatic carbocycles. The molecule has 1 rings (SSSR count). The molecule has 4 nitrogen and oxygen atoms in total. The van der Waals surface area contributed by atoms with Crippen molar-refractivity contribution in [1.82, 2.24) is 4.90 Å². The summed E-state index contributed by atoms with van der Waals surface area (Å²) >= 11 is 11.8. The molecule has 0 amide bonds. The lowest BCUT2D eigenvalue weighted by Crippen LogP contribution is -2.27. The molecule has 0 atom stereocenters. The van der Waals surface area contributed by atoms with Gasteiger partial charge in [-0.2, -0.15) is 0 Å². The van der Waals surface area contributed by atoms with Gasteiger partial charge in [-0.1, -0.05) is 43.1 Å². The first-order valence-corrected chi connectivity index (χ1v) is 7.34. The van der Waals surface area contributed by atoms with E-state index < -0.39 is 0 Å². The Morgan fingerprint density at radius 3 is 2.45 bits per heavy atom. The zero-order valence-electron chi connectivity index (χ0n) is 12.6. The molecule has 0 aromatic heterocycles. The number of likely N-dealkylation sites (N-methyl/N-ethyl adjacent to an activating group) is 1. The van der Waals surface area contributed by atoms with E-state index in [-0.39, 0.29) is 23.9 Å². The summed E-state index contributed by atoms with van der Waals surface area (Å²) < 4.78 is 5.12. The summed E-state index contributed by atoms with van der Waals surface area (Å²) in [6, 6.07) is 5.11. The highest BCUT2D eigenvalue weighted by Crippen LogP contribution is 2.21. The molecule has 0 aliphatic carbocycles. The maximum atomic E-state index is 11.6. The third-order valence-corrected chi connectivity index (χ3v) is 3.47. The molecular formula is C15H22Cl3NO3. The van der Waals surface area contributed by atoms with E-state index >= 15 is 0 Å². The minimum atomic E-state index is -0.372. The molecule has 0 saturated heterocycles. The Hall–Kier alpha value is -0.780. The van der Waals surface area contributed by atoms with Crippen LogP contribution in [0.4, 0.5) is 0 Å². The number of benzene rings is 1. The number of hydrogen-bond donors (Lipinski definition) is 0. The largest absolute Gasteiger partial charge is 0.461 e. The van der Waals surface area contributed by atoms with Crippen LogP contribution in [0.25, 0.3) is 6.08 Å². The smallest absolute Gasteiger partial charge is 0.330 e. The highest BCUT2D eigenvalue weighted by molar-refractivity contribution is 6.35. The molecule has 0 aliphatic rings. The molecule has 1 aromatic rings. The number of rotatable bonds is 7. The SMILES string of the molecule is CCN(CC)CCOC(=O)C=Cc1ccc(Cl)cc1Cl.Cl.O. The molecule has 0 spiro atoms. The van der Waals surface area contributed by atoms with Crippen molar-refractivity contribution in [2.24, 2.45) is 0 Å². The van der Waals surface area contributed by atoms with Crippen LogP contribution >= 0.6 is 35.6 Å². The normalized spacial score (nSPS) is 10.2. The Labute approximate surface area is 147 Å². The van der Waals surface area contributed by atoms with Crippen molar-refractivity contribution in [2.75, 3.05) is 26.2 Å². The summed E-state index contributed by atoms with van der Waals surface area (Å²) in [4.78, 5) is 13.7. The molecule has 22 heavy (non-hydrogen) atoms. The molecule has 0 aliphatic heterocycles. The lowest BCUT2D eigenvalue weighted by atomic mass is 10.2. The number of ether oxygens (including phenoxy) is 1. The molecule has 0 unspecified atom stereocenters. The van der Waals surface area contributed by atoms with Gasteiger partial charge in [-0.3, -0.25) is 0 Å². The summed E-state index contributed by atoms with van der Waals surface area (Å²) in [5, 5.41) is 1.07. The first-order valence-electron chi connectivity index (χ1n) is 6.59. The van der Waals surface area contributed by atoms with Crippen molar-refractivity contribution in [2.45, 2.75) is 13.8 Å². The predicted molar refractivity (Wildman–Crippen MR) is 95.1 cm³/mol. The van der Waals surface area contributed by atoms with Gasteiger partial charge in [-0.25, -0.2) is 4.79 Å². The van der Waals surface area contributed by atoms with Crippen LogP contribution in [-0.2, 0) is 9.53 Å². The van der Waals surface area contributed by atoms with E-state index in [1.807, 2.05) is 0 Å². The van der Waals surface area contributed by atoms with Crippen molar-refractivity contribution < 1.29 is 15.0 Å². The van der Waals surface area contributed by atoms with Gasteiger partial charge in [-0.05, 0) is 36.9 Å². The van der Waals surface area contributed by atoms with Gasteiger partial charge in [0.1, 0.15) is 6.61 Å². The zero-order chi connectivity index (χ0) is 15.0. The second-order valence-electron chi connectivity index (χ2n) is 4.19. The number of hydrogen-bond acceptors (Lipinski definition) is 3. The van der Waals surface area contributed by atoms with Crippen LogP contribution in [0.5, 0.6) is 0 Å². The van der Waals surface area contributed by atoms with Gasteiger partial charge < -0.3 is 15.1 Å². The average molecular weight is 371 g/mol. The number of carbonyl (C=O) groups is 1. The topological polar surface area (TPSA) is 61.0 Å². The van der Waals surface area contributed by atoms with E-state index in [1.165, 1.54) is 6.08 Å². The van der Waals surface area contributed by atoms with Crippen molar-refractivity contribution in [3.05, 3.63) is 39.9 Å². The maximum absolute atomic E-state index is 11.6. The number of esters is 1. The van der Waals surface area contributed by atoms with Crippen LogP contribution in [0.3, 0.4) is 0 Å². The fourth-order valence-electron chi connectivity index (χ4n) is 1.66. The lowest BCUT2D eigenvalue weighted by molar-refractivity contribution is -0.138. The van der Waals surface area contributed by atoms with Crippen LogP contribution in [0.2, 0.25) is 10.0 Å². The third kappa shape index (κ3) is 8.61. The highest BCUT2D eigenvalue weighted by atomic mass is 35.5. The predicted octanol–water partition coefficient (Wildman–Crippen LogP) is 3.49. The van der Waals surface area contributed by atoms with Gasteiger partial charge in [0.25, 0.3) is 0 Å². The van der Waals surface area contributed by atoms with Gasteiger partial charge in [0.05, 0.1) is 0 Å². The van der Waals surface area contributed by atoms with Crippen molar-refractivity contribution in [3.8, 4) is 0 Å². The number of halogens is 3. The number of carbonyl (C=O) groups excluding carboxylic acids is 1. The van der Waals surface area contributed by atoms with Crippen molar-refractivity contribution in [1.29, 1.82) is 0 Å². The van der Waals surface area contributed by atoms with Crippen LogP contribution in [0.1, 0.15) is 19.4 Å². The van der Waals surface area contributed by atoms with Crippen LogP contribution in [0, 0.1) is 0 Å². The molecule has 2 N–H and O–H groups in total. The Bertz CT molecular complexity index is 477. The Morgan fingerprint density at radius 2 is 1.91 bits per heavy atom. The molecule has 0 saturated carbocycles. The van der Waals surface area contributed by atoms with Gasteiger partial charge in [0.2, 0.25) is 0 Å². The fraction of sp³-hybridized carbons (Fsp3) is 0.400. The van der Waals surface area contributed by atoms with E-state index in [4.69, 9.17) is 27.9 Å². The fourth-order valence-corrected chi connectivity index (χ4v) is 2.13. The van der Waals surface area contributed by atoms with E-state index in [2.05, 4.69) is 18.7 Å². The van der Waals surface area contributed by atoms with E-state index in [9.17, 15) is 4.79 Å². The van der Waals surface area contributed by atoms with Crippen molar-refractivity contribution >= 4 is 47.7 Å². The first-order chi connectivity index (χ1) is 9.56. The summed E-state index contributed by atoms with van der Waals surface area (Å²) in [5.74, 6) is -0.372. The van der Waals surface area contributed by atoms with Gasteiger partial charge in [-0.15, -0.1) is 12.4 Å². The van der Waals surface area contributed by atoms with Gasteiger partial charge in [0, 0.05) is 22.7 Å². The zero-order valence-corrected chi connectivity index (χ0v) is 15.0. The van der Waals surface area contributed by atoms with Gasteiger partial charge in [0.15, 0.2) is 0 Å². The first kappa shape index (κ1) is 23.5. The van der Waals surface area contributed by atoms with Crippen LogP contribution in [0.15, 0.2) is 24.3 Å². The summed E-state index contributed by atoms with van der Waals surface area (Å²) in [6.07, 6.45) is 3.00. The summed E-state index contributed by atoms with van der Waals surface area (Å²) in [5.41, 5.74) is 0.733. The Balaban J connectivity index is 0. The quantitative estimate of drug-likeness (QED) is 0.545. The minimum Gasteiger partial charge on any atom is -0.461 e. The van der Waals surface area contributed by atoms with Crippen molar-refractivity contribution in [3.63, 3.8) is 0 Å². The molecular weight excluding hydrogens is 349 g/mol. The van der Waals surface area contributed by atoms with Crippen LogP contribution < -0.4 is 0 Å². The molecule has 0 heterocycles. The summed E-state index contributed by atoms with van der Waals surface area (Å²) in [6.45, 7) is 7.18. The molecule has 0 radical (unpaired) electrons. The Kier molecular flexibility index (Phi) is 13.6. The standard InChI is InChI=1S/C15H19Cl2NO2.ClH.H2O/c1-3-18(4-2)9-10-20-15(19)8-6-12-5-7-13(16)11-14(12)17;;/h5-8,11H,3-4,9-10H2,1-2H3;1H;1H2.